The number of aliphatic carboxylic acids is 1. The second kappa shape index (κ2) is 4.76. The number of hydrogen-bond acceptors (Lipinski definition) is 6. The van der Waals surface area contributed by atoms with Gasteiger partial charge < -0.3 is 20.2 Å². The number of carboxylic acids is 1. The molecule has 1 unspecified atom stereocenters. The van der Waals surface area contributed by atoms with E-state index < -0.39 is 27.9 Å². The SMILES string of the molecule is NC(CS(=O)(=O)[O-])C(=O)[O-].[Zn+2]. The molecule has 0 rings (SSSR count). The largest absolute Gasteiger partial charge is 2.00 e. The van der Waals surface area contributed by atoms with Crippen LogP contribution in [0, 0.1) is 0 Å². The van der Waals surface area contributed by atoms with E-state index in [1.54, 1.807) is 0 Å². The molecule has 0 aliphatic carbocycles. The van der Waals surface area contributed by atoms with Crippen molar-refractivity contribution in [2.45, 2.75) is 6.04 Å². The maximum absolute atomic E-state index is 9.82. The molecule has 0 radical (unpaired) electrons. The van der Waals surface area contributed by atoms with Crippen molar-refractivity contribution in [2.24, 2.45) is 5.73 Å². The number of carbonyl (C=O) groups is 1. The minimum Gasteiger partial charge on any atom is -0.748 e. The van der Waals surface area contributed by atoms with E-state index in [0.717, 1.165) is 0 Å². The molecule has 0 spiro atoms. The summed E-state index contributed by atoms with van der Waals surface area (Å²) < 4.78 is 29.5. The Morgan fingerprint density at radius 1 is 1.55 bits per heavy atom. The Morgan fingerprint density at radius 2 is 1.91 bits per heavy atom. The molecule has 0 amide bonds. The van der Waals surface area contributed by atoms with Crippen LogP contribution in [0.15, 0.2) is 0 Å². The predicted octanol–water partition coefficient (Wildman–Crippen LogP) is -3.39. The third-order valence-electron chi connectivity index (χ3n) is 0.686. The molecular formula is C3H5NO5SZn. The average Bonchev–Trinajstić information content (AvgIpc) is 1.60. The van der Waals surface area contributed by atoms with Gasteiger partial charge in [-0.3, -0.25) is 0 Å². The quantitative estimate of drug-likeness (QED) is 0.400. The van der Waals surface area contributed by atoms with Crippen LogP contribution in [-0.4, -0.2) is 30.7 Å². The van der Waals surface area contributed by atoms with Crippen LogP contribution < -0.4 is 10.8 Å². The van der Waals surface area contributed by atoms with Gasteiger partial charge in [0.15, 0.2) is 0 Å². The van der Waals surface area contributed by atoms with Gasteiger partial charge in [-0.05, 0) is 0 Å². The first kappa shape index (κ1) is 13.5. The first-order valence-electron chi connectivity index (χ1n) is 2.23. The zero-order chi connectivity index (χ0) is 8.36. The monoisotopic (exact) mass is 231 g/mol. The van der Waals surface area contributed by atoms with E-state index in [1.807, 2.05) is 0 Å². The van der Waals surface area contributed by atoms with Crippen molar-refractivity contribution in [2.75, 3.05) is 5.75 Å². The van der Waals surface area contributed by atoms with Gasteiger partial charge in [0.05, 0.1) is 27.9 Å². The number of nitrogens with two attached hydrogens (primary N) is 1. The first-order chi connectivity index (χ1) is 4.33. The first-order valence-corrected chi connectivity index (χ1v) is 3.80. The molecule has 0 fully saturated rings. The van der Waals surface area contributed by atoms with Gasteiger partial charge in [0.1, 0.15) is 0 Å². The van der Waals surface area contributed by atoms with Crippen LogP contribution >= 0.6 is 0 Å². The van der Waals surface area contributed by atoms with Crippen LogP contribution in [0.3, 0.4) is 0 Å². The van der Waals surface area contributed by atoms with Gasteiger partial charge in [0.25, 0.3) is 0 Å². The van der Waals surface area contributed by atoms with Crippen LogP contribution in [0.5, 0.6) is 0 Å². The van der Waals surface area contributed by atoms with Gasteiger partial charge in [0, 0.05) is 0 Å². The fourth-order valence-electron chi connectivity index (χ4n) is 0.288. The topological polar surface area (TPSA) is 123 Å². The third kappa shape index (κ3) is 7.86. The molecule has 0 aromatic rings. The van der Waals surface area contributed by atoms with Crippen molar-refractivity contribution in [1.29, 1.82) is 0 Å². The number of rotatable bonds is 3. The molecule has 60 valence electrons. The second-order valence-electron chi connectivity index (χ2n) is 1.65. The second-order valence-corrected chi connectivity index (χ2v) is 3.10. The van der Waals surface area contributed by atoms with E-state index in [0.29, 0.717) is 0 Å². The van der Waals surface area contributed by atoms with Gasteiger partial charge >= 0.3 is 19.5 Å². The summed E-state index contributed by atoms with van der Waals surface area (Å²) in [5.41, 5.74) is 4.66. The Hall–Kier alpha value is -0.0366. The molecule has 0 heterocycles. The molecule has 0 saturated carbocycles. The van der Waals surface area contributed by atoms with E-state index in [9.17, 15) is 22.9 Å². The van der Waals surface area contributed by atoms with E-state index in [4.69, 9.17) is 0 Å². The third-order valence-corrected chi connectivity index (χ3v) is 1.45. The van der Waals surface area contributed by atoms with Crippen molar-refractivity contribution in [3.05, 3.63) is 0 Å². The average molecular weight is 233 g/mol. The summed E-state index contributed by atoms with van der Waals surface area (Å²) in [5.74, 6) is -2.88. The summed E-state index contributed by atoms with van der Waals surface area (Å²) in [5, 5.41) is 9.74. The minimum absolute atomic E-state index is 0. The summed E-state index contributed by atoms with van der Waals surface area (Å²) in [7, 11) is -4.56. The molecule has 0 bridgehead atoms. The molecule has 8 heteroatoms. The van der Waals surface area contributed by atoms with Gasteiger partial charge in [-0.25, -0.2) is 8.42 Å². The Balaban J connectivity index is 0. The van der Waals surface area contributed by atoms with Gasteiger partial charge in [-0.1, -0.05) is 0 Å². The number of hydrogen-bond donors (Lipinski definition) is 1. The van der Waals surface area contributed by atoms with Crippen molar-refractivity contribution < 1.29 is 42.3 Å². The maximum atomic E-state index is 9.82. The Bertz CT molecular complexity index is 224. The van der Waals surface area contributed by atoms with Crippen LogP contribution in [-0.2, 0) is 34.4 Å². The standard InChI is InChI=1S/C3H7NO5S.Zn/c4-2(3(5)6)1-10(7,8)9;/h2H,1,4H2,(H,5,6)(H,7,8,9);/q;+2/p-2. The molecule has 0 aliphatic heterocycles. The molecule has 6 nitrogen and oxygen atoms in total. The Labute approximate surface area is 76.3 Å². The normalized spacial score (nSPS) is 13.3. The molecule has 1 atom stereocenters. The summed E-state index contributed by atoms with van der Waals surface area (Å²) in [6, 6.07) is -1.73. The van der Waals surface area contributed by atoms with Crippen molar-refractivity contribution >= 4 is 16.1 Å². The minimum atomic E-state index is -4.56. The molecule has 11 heavy (non-hydrogen) atoms. The van der Waals surface area contributed by atoms with E-state index in [-0.39, 0.29) is 19.5 Å². The molecule has 0 aromatic carbocycles. The van der Waals surface area contributed by atoms with E-state index in [1.165, 1.54) is 0 Å². The van der Waals surface area contributed by atoms with Crippen molar-refractivity contribution in [1.82, 2.24) is 0 Å². The van der Waals surface area contributed by atoms with E-state index >= 15 is 0 Å². The predicted molar refractivity (Wildman–Crippen MR) is 27.5 cm³/mol. The summed E-state index contributed by atoms with van der Waals surface area (Å²) >= 11 is 0. The summed E-state index contributed by atoms with van der Waals surface area (Å²) in [6.45, 7) is 0. The van der Waals surface area contributed by atoms with Gasteiger partial charge in [-0.15, -0.1) is 0 Å². The van der Waals surface area contributed by atoms with E-state index in [2.05, 4.69) is 5.73 Å². The van der Waals surface area contributed by atoms with Crippen LogP contribution in [0.25, 0.3) is 0 Å². The fourth-order valence-corrected chi connectivity index (χ4v) is 0.864. The molecular weight excluding hydrogens is 227 g/mol. The number of carboxylic acid groups (broad SMARTS) is 1. The zero-order valence-electron chi connectivity index (χ0n) is 5.52. The summed E-state index contributed by atoms with van der Waals surface area (Å²) in [4.78, 5) is 9.74. The molecule has 0 aromatic heterocycles. The number of carbonyl (C=O) groups excluding carboxylic acids is 1. The van der Waals surface area contributed by atoms with Crippen LogP contribution in [0.1, 0.15) is 0 Å². The van der Waals surface area contributed by atoms with Crippen molar-refractivity contribution in [3.8, 4) is 0 Å². The zero-order valence-corrected chi connectivity index (χ0v) is 9.30. The summed E-state index contributed by atoms with van der Waals surface area (Å²) in [6.07, 6.45) is 0. The van der Waals surface area contributed by atoms with Gasteiger partial charge in [0.2, 0.25) is 0 Å². The fraction of sp³-hybridized carbons (Fsp3) is 0.667. The maximum Gasteiger partial charge on any atom is 2.00 e. The molecule has 0 aliphatic rings. The van der Waals surface area contributed by atoms with Crippen LogP contribution in [0.2, 0.25) is 0 Å². The Morgan fingerprint density at radius 3 is 2.00 bits per heavy atom. The Kier molecular flexibility index (Phi) is 5.87. The van der Waals surface area contributed by atoms with Gasteiger partial charge in [-0.2, -0.15) is 0 Å². The van der Waals surface area contributed by atoms with Crippen molar-refractivity contribution in [3.63, 3.8) is 0 Å². The molecule has 0 saturated heterocycles. The smallest absolute Gasteiger partial charge is 0.748 e. The van der Waals surface area contributed by atoms with Crippen LogP contribution in [0.4, 0.5) is 0 Å². The molecule has 2 N–H and O–H groups in total.